The highest BCUT2D eigenvalue weighted by Crippen LogP contribution is 2.27. The maximum Gasteiger partial charge on any atom is 0.156 e. The van der Waals surface area contributed by atoms with Crippen LogP contribution in [0.5, 0.6) is 0 Å². The van der Waals surface area contributed by atoms with Crippen LogP contribution in [-0.4, -0.2) is 36.7 Å². The van der Waals surface area contributed by atoms with E-state index in [4.69, 9.17) is 20.1 Å². The Morgan fingerprint density at radius 2 is 2.33 bits per heavy atom. The molecule has 0 bridgehead atoms. The number of ether oxygens (including phenoxy) is 1. The molecule has 2 heterocycles. The highest BCUT2D eigenvalue weighted by molar-refractivity contribution is 5.12. The van der Waals surface area contributed by atoms with Gasteiger partial charge in [0.15, 0.2) is 6.10 Å². The number of nitriles is 1. The molecule has 5 nitrogen and oxygen atoms in total. The molecule has 5 heteroatoms. The standard InChI is InChI=1S/C13H19N3O2/c1-9-3-4-12(18-9)13(10(2)15)16-5-6-17-11(7-14)8-16/h3-4,10-11,13H,5-6,8,15H2,1-2H3. The summed E-state index contributed by atoms with van der Waals surface area (Å²) in [7, 11) is 0. The van der Waals surface area contributed by atoms with E-state index < -0.39 is 0 Å². The number of hydrogen-bond acceptors (Lipinski definition) is 5. The molecule has 98 valence electrons. The van der Waals surface area contributed by atoms with Gasteiger partial charge in [-0.25, -0.2) is 0 Å². The number of nitrogens with zero attached hydrogens (tertiary/aromatic N) is 2. The summed E-state index contributed by atoms with van der Waals surface area (Å²) in [6.07, 6.45) is -0.379. The third kappa shape index (κ3) is 2.72. The number of rotatable bonds is 3. The van der Waals surface area contributed by atoms with Crippen LogP contribution < -0.4 is 5.73 Å². The van der Waals surface area contributed by atoms with E-state index in [1.165, 1.54) is 0 Å². The van der Waals surface area contributed by atoms with Gasteiger partial charge in [0.25, 0.3) is 0 Å². The van der Waals surface area contributed by atoms with Crippen LogP contribution in [0.2, 0.25) is 0 Å². The molecular weight excluding hydrogens is 230 g/mol. The van der Waals surface area contributed by atoms with Crippen molar-refractivity contribution in [3.63, 3.8) is 0 Å². The van der Waals surface area contributed by atoms with Gasteiger partial charge >= 0.3 is 0 Å². The lowest BCUT2D eigenvalue weighted by Gasteiger charge is -2.37. The van der Waals surface area contributed by atoms with E-state index in [0.29, 0.717) is 13.2 Å². The van der Waals surface area contributed by atoms with E-state index in [1.807, 2.05) is 26.0 Å². The maximum atomic E-state index is 8.95. The Hall–Kier alpha value is -1.35. The van der Waals surface area contributed by atoms with Gasteiger partial charge in [0.1, 0.15) is 11.5 Å². The van der Waals surface area contributed by atoms with Gasteiger partial charge in [0.05, 0.1) is 18.7 Å². The van der Waals surface area contributed by atoms with Crippen molar-refractivity contribution in [1.82, 2.24) is 4.90 Å². The van der Waals surface area contributed by atoms with E-state index in [2.05, 4.69) is 11.0 Å². The number of hydrogen-bond donors (Lipinski definition) is 1. The molecule has 1 aliphatic rings. The van der Waals surface area contributed by atoms with Crippen molar-refractivity contribution in [3.05, 3.63) is 23.7 Å². The largest absolute Gasteiger partial charge is 0.465 e. The Balaban J connectivity index is 2.18. The third-order valence-electron chi connectivity index (χ3n) is 3.19. The zero-order valence-corrected chi connectivity index (χ0v) is 10.8. The zero-order valence-electron chi connectivity index (χ0n) is 10.8. The second-order valence-corrected chi connectivity index (χ2v) is 4.74. The Labute approximate surface area is 107 Å². The minimum atomic E-state index is -0.379. The minimum Gasteiger partial charge on any atom is -0.465 e. The summed E-state index contributed by atoms with van der Waals surface area (Å²) in [4.78, 5) is 2.17. The van der Waals surface area contributed by atoms with E-state index >= 15 is 0 Å². The van der Waals surface area contributed by atoms with Crippen LogP contribution in [0.15, 0.2) is 16.5 Å². The molecule has 0 spiro atoms. The molecule has 0 radical (unpaired) electrons. The van der Waals surface area contributed by atoms with Crippen molar-refractivity contribution in [2.24, 2.45) is 5.73 Å². The lowest BCUT2D eigenvalue weighted by atomic mass is 10.0. The van der Waals surface area contributed by atoms with Crippen molar-refractivity contribution >= 4 is 0 Å². The summed E-state index contributed by atoms with van der Waals surface area (Å²) in [5, 5.41) is 8.95. The summed E-state index contributed by atoms with van der Waals surface area (Å²) >= 11 is 0. The quantitative estimate of drug-likeness (QED) is 0.871. The van der Waals surface area contributed by atoms with Gasteiger partial charge in [-0.2, -0.15) is 5.26 Å². The zero-order chi connectivity index (χ0) is 13.1. The van der Waals surface area contributed by atoms with E-state index in [0.717, 1.165) is 18.1 Å². The van der Waals surface area contributed by atoms with Crippen LogP contribution >= 0.6 is 0 Å². The molecule has 1 saturated heterocycles. The summed E-state index contributed by atoms with van der Waals surface area (Å²) < 4.78 is 11.0. The Morgan fingerprint density at radius 1 is 1.56 bits per heavy atom. The SMILES string of the molecule is Cc1ccc(C(C(C)N)N2CCOC(C#N)C2)o1. The second kappa shape index (κ2) is 5.53. The highest BCUT2D eigenvalue weighted by atomic mass is 16.5. The van der Waals surface area contributed by atoms with E-state index in [-0.39, 0.29) is 18.2 Å². The molecule has 2 rings (SSSR count). The average molecular weight is 249 g/mol. The maximum absolute atomic E-state index is 8.95. The van der Waals surface area contributed by atoms with Crippen molar-refractivity contribution in [2.75, 3.05) is 19.7 Å². The second-order valence-electron chi connectivity index (χ2n) is 4.74. The Kier molecular flexibility index (Phi) is 4.02. The predicted octanol–water partition coefficient (Wildman–Crippen LogP) is 1.20. The molecule has 3 atom stereocenters. The molecule has 18 heavy (non-hydrogen) atoms. The molecule has 0 aliphatic carbocycles. The fourth-order valence-electron chi connectivity index (χ4n) is 2.38. The van der Waals surface area contributed by atoms with Gasteiger partial charge in [-0.1, -0.05) is 0 Å². The lowest BCUT2D eigenvalue weighted by Crippen LogP contribution is -2.48. The summed E-state index contributed by atoms with van der Waals surface area (Å²) in [5.41, 5.74) is 6.07. The molecule has 2 N–H and O–H groups in total. The van der Waals surface area contributed by atoms with E-state index in [9.17, 15) is 0 Å². The molecule has 0 aromatic carbocycles. The number of morpholine rings is 1. The fourth-order valence-corrected chi connectivity index (χ4v) is 2.38. The van der Waals surface area contributed by atoms with Gasteiger partial charge in [-0.3, -0.25) is 4.90 Å². The van der Waals surface area contributed by atoms with Gasteiger partial charge < -0.3 is 14.9 Å². The van der Waals surface area contributed by atoms with Crippen LogP contribution in [0.4, 0.5) is 0 Å². The average Bonchev–Trinajstić information content (AvgIpc) is 2.75. The smallest absolute Gasteiger partial charge is 0.156 e. The Bertz CT molecular complexity index is 436. The van der Waals surface area contributed by atoms with Crippen molar-refractivity contribution in [3.8, 4) is 6.07 Å². The molecule has 1 aromatic heterocycles. The molecule has 0 amide bonds. The lowest BCUT2D eigenvalue weighted by molar-refractivity contribution is -0.0248. The molecular formula is C13H19N3O2. The molecule has 0 saturated carbocycles. The minimum absolute atomic E-state index is 0.00144. The first-order valence-electron chi connectivity index (χ1n) is 6.19. The molecule has 1 aliphatic heterocycles. The monoisotopic (exact) mass is 249 g/mol. The van der Waals surface area contributed by atoms with Crippen molar-refractivity contribution in [2.45, 2.75) is 32.0 Å². The summed E-state index contributed by atoms with van der Waals surface area (Å²) in [6, 6.07) is 5.98. The van der Waals surface area contributed by atoms with Crippen molar-refractivity contribution in [1.29, 1.82) is 5.26 Å². The van der Waals surface area contributed by atoms with Gasteiger partial charge in [0.2, 0.25) is 0 Å². The first-order valence-corrected chi connectivity index (χ1v) is 6.19. The Morgan fingerprint density at radius 3 is 2.89 bits per heavy atom. The van der Waals surface area contributed by atoms with Gasteiger partial charge in [-0.15, -0.1) is 0 Å². The number of aryl methyl sites for hydroxylation is 1. The summed E-state index contributed by atoms with van der Waals surface area (Å²) in [6.45, 7) is 5.77. The number of nitrogens with two attached hydrogens (primary N) is 1. The van der Waals surface area contributed by atoms with Crippen LogP contribution in [0.1, 0.15) is 24.5 Å². The first kappa shape index (κ1) is 13.1. The topological polar surface area (TPSA) is 75.4 Å². The van der Waals surface area contributed by atoms with Gasteiger partial charge in [-0.05, 0) is 26.0 Å². The van der Waals surface area contributed by atoms with Crippen LogP contribution in [0.25, 0.3) is 0 Å². The van der Waals surface area contributed by atoms with Crippen LogP contribution in [0.3, 0.4) is 0 Å². The predicted molar refractivity (Wildman–Crippen MR) is 66.8 cm³/mol. The first-order chi connectivity index (χ1) is 8.61. The fraction of sp³-hybridized carbons (Fsp3) is 0.615. The summed E-state index contributed by atoms with van der Waals surface area (Å²) in [5.74, 6) is 1.74. The van der Waals surface area contributed by atoms with Crippen molar-refractivity contribution < 1.29 is 9.15 Å². The molecule has 1 fully saturated rings. The van der Waals surface area contributed by atoms with Crippen LogP contribution in [-0.2, 0) is 4.74 Å². The van der Waals surface area contributed by atoms with Gasteiger partial charge in [0, 0.05) is 19.1 Å². The number of furan rings is 1. The van der Waals surface area contributed by atoms with E-state index in [1.54, 1.807) is 0 Å². The molecule has 3 unspecified atom stereocenters. The normalized spacial score (nSPS) is 24.4. The highest BCUT2D eigenvalue weighted by Gasteiger charge is 2.31. The third-order valence-corrected chi connectivity index (χ3v) is 3.19. The van der Waals surface area contributed by atoms with Crippen LogP contribution in [0, 0.1) is 18.3 Å². The molecule has 1 aromatic rings.